The van der Waals surface area contributed by atoms with Crippen LogP contribution in [0.25, 0.3) is 0 Å². The van der Waals surface area contributed by atoms with Crippen LogP contribution < -0.4 is 14.5 Å². The van der Waals surface area contributed by atoms with E-state index in [9.17, 15) is 4.79 Å². The van der Waals surface area contributed by atoms with Gasteiger partial charge in [-0.25, -0.2) is 0 Å². The molecule has 1 aromatic heterocycles. The number of carbonyl (C=O) groups is 1. The zero-order chi connectivity index (χ0) is 20.1. The molecule has 2 saturated heterocycles. The fraction of sp³-hybridized carbons (Fsp3) is 0.476. The molecular weight excluding hydrogens is 370 g/mol. The lowest BCUT2D eigenvalue weighted by molar-refractivity contribution is -0.130. The molecule has 0 spiro atoms. The highest BCUT2D eigenvalue weighted by Crippen LogP contribution is 2.18. The molecule has 0 N–H and O–H groups in total. The molecule has 2 fully saturated rings. The number of methoxy groups -OCH3 is 1. The lowest BCUT2D eigenvalue weighted by Crippen LogP contribution is -2.49. The first-order valence-corrected chi connectivity index (χ1v) is 10.0. The van der Waals surface area contributed by atoms with E-state index in [2.05, 4.69) is 20.0 Å². The molecule has 2 aliphatic heterocycles. The fourth-order valence-corrected chi connectivity index (χ4v) is 3.70. The van der Waals surface area contributed by atoms with Crippen LogP contribution in [0.2, 0.25) is 0 Å². The average molecular weight is 397 g/mol. The van der Waals surface area contributed by atoms with Crippen molar-refractivity contribution in [3.63, 3.8) is 0 Å². The van der Waals surface area contributed by atoms with E-state index in [1.807, 2.05) is 41.3 Å². The number of piperazine rings is 1. The van der Waals surface area contributed by atoms with Gasteiger partial charge in [-0.1, -0.05) is 12.1 Å². The minimum absolute atomic E-state index is 0.145. The third-order valence-electron chi connectivity index (χ3n) is 5.42. The van der Waals surface area contributed by atoms with Crippen molar-refractivity contribution in [2.24, 2.45) is 0 Å². The Hall–Kier alpha value is -2.87. The Labute approximate surface area is 171 Å². The number of morpholine rings is 1. The van der Waals surface area contributed by atoms with Crippen molar-refractivity contribution in [2.45, 2.75) is 6.42 Å². The molecule has 154 valence electrons. The van der Waals surface area contributed by atoms with Crippen LogP contribution in [0.4, 0.5) is 11.6 Å². The predicted molar refractivity (Wildman–Crippen MR) is 111 cm³/mol. The number of amides is 1. The normalized spacial score (nSPS) is 17.3. The smallest absolute Gasteiger partial charge is 0.227 e. The highest BCUT2D eigenvalue weighted by molar-refractivity contribution is 5.79. The van der Waals surface area contributed by atoms with E-state index in [0.29, 0.717) is 19.5 Å². The van der Waals surface area contributed by atoms with Gasteiger partial charge in [0.05, 0.1) is 26.7 Å². The Morgan fingerprint density at radius 2 is 1.62 bits per heavy atom. The number of aromatic nitrogens is 2. The number of ether oxygens (including phenoxy) is 2. The average Bonchev–Trinajstić information content (AvgIpc) is 2.80. The van der Waals surface area contributed by atoms with Crippen molar-refractivity contribution in [3.8, 4) is 5.75 Å². The molecule has 8 nitrogen and oxygen atoms in total. The van der Waals surface area contributed by atoms with Crippen molar-refractivity contribution < 1.29 is 14.3 Å². The number of rotatable bonds is 5. The molecule has 1 aromatic carbocycles. The van der Waals surface area contributed by atoms with Gasteiger partial charge < -0.3 is 24.2 Å². The van der Waals surface area contributed by atoms with Crippen LogP contribution in [0.1, 0.15) is 5.56 Å². The highest BCUT2D eigenvalue weighted by Gasteiger charge is 2.22. The molecule has 2 aliphatic rings. The Balaban J connectivity index is 1.30. The van der Waals surface area contributed by atoms with E-state index in [-0.39, 0.29) is 5.91 Å². The van der Waals surface area contributed by atoms with Crippen LogP contribution >= 0.6 is 0 Å². The second-order valence-corrected chi connectivity index (χ2v) is 7.25. The first-order valence-electron chi connectivity index (χ1n) is 10.0. The van der Waals surface area contributed by atoms with Crippen molar-refractivity contribution in [1.29, 1.82) is 0 Å². The molecule has 0 unspecified atom stereocenters. The minimum atomic E-state index is 0.145. The van der Waals surface area contributed by atoms with E-state index < -0.39 is 0 Å². The summed E-state index contributed by atoms with van der Waals surface area (Å²) in [6.07, 6.45) is 0.394. The van der Waals surface area contributed by atoms with Crippen LogP contribution in [-0.2, 0) is 16.0 Å². The van der Waals surface area contributed by atoms with Crippen LogP contribution in [0.3, 0.4) is 0 Å². The summed E-state index contributed by atoms with van der Waals surface area (Å²) in [7, 11) is 1.64. The van der Waals surface area contributed by atoms with Gasteiger partial charge in [0.2, 0.25) is 5.91 Å². The highest BCUT2D eigenvalue weighted by atomic mass is 16.5. The molecule has 0 atom stereocenters. The van der Waals surface area contributed by atoms with Gasteiger partial charge in [0.25, 0.3) is 0 Å². The van der Waals surface area contributed by atoms with Crippen LogP contribution in [0.15, 0.2) is 36.4 Å². The van der Waals surface area contributed by atoms with E-state index >= 15 is 0 Å². The monoisotopic (exact) mass is 397 g/mol. The molecule has 2 aromatic rings. The minimum Gasteiger partial charge on any atom is -0.497 e. The second-order valence-electron chi connectivity index (χ2n) is 7.25. The SMILES string of the molecule is COc1cccc(CC(=O)N2CCN(c3ccc(N4CCOCC4)nn3)CC2)c1. The number of anilines is 2. The zero-order valence-corrected chi connectivity index (χ0v) is 16.8. The number of benzene rings is 1. The number of hydrogen-bond acceptors (Lipinski definition) is 7. The Morgan fingerprint density at radius 3 is 2.24 bits per heavy atom. The predicted octanol–water partition coefficient (Wildman–Crippen LogP) is 1.21. The topological polar surface area (TPSA) is 71.0 Å². The summed E-state index contributed by atoms with van der Waals surface area (Å²) in [5.74, 6) is 2.68. The maximum absolute atomic E-state index is 12.7. The molecule has 29 heavy (non-hydrogen) atoms. The Bertz CT molecular complexity index is 815. The van der Waals surface area contributed by atoms with Gasteiger partial charge in [0, 0.05) is 39.3 Å². The second kappa shape index (κ2) is 9.09. The van der Waals surface area contributed by atoms with Gasteiger partial charge in [-0.15, -0.1) is 10.2 Å². The molecule has 4 rings (SSSR count). The van der Waals surface area contributed by atoms with E-state index in [1.165, 1.54) is 0 Å². The molecular formula is C21H27N5O3. The number of carbonyl (C=O) groups excluding carboxylic acids is 1. The zero-order valence-electron chi connectivity index (χ0n) is 16.8. The van der Waals surface area contributed by atoms with E-state index in [4.69, 9.17) is 9.47 Å². The largest absolute Gasteiger partial charge is 0.497 e. The summed E-state index contributed by atoms with van der Waals surface area (Å²) >= 11 is 0. The van der Waals surface area contributed by atoms with E-state index in [0.717, 1.165) is 62.3 Å². The van der Waals surface area contributed by atoms with Crippen molar-refractivity contribution in [1.82, 2.24) is 15.1 Å². The summed E-state index contributed by atoms with van der Waals surface area (Å²) in [5.41, 5.74) is 0.973. The molecule has 3 heterocycles. The molecule has 0 saturated carbocycles. The lowest BCUT2D eigenvalue weighted by Gasteiger charge is -2.35. The van der Waals surface area contributed by atoms with Gasteiger partial charge in [-0.05, 0) is 29.8 Å². The van der Waals surface area contributed by atoms with Gasteiger partial charge in [-0.3, -0.25) is 4.79 Å². The molecule has 0 bridgehead atoms. The third kappa shape index (κ3) is 4.76. The Kier molecular flexibility index (Phi) is 6.09. The summed E-state index contributed by atoms with van der Waals surface area (Å²) in [5, 5.41) is 8.80. The fourth-order valence-electron chi connectivity index (χ4n) is 3.70. The van der Waals surface area contributed by atoms with Crippen molar-refractivity contribution >= 4 is 17.5 Å². The standard InChI is InChI=1S/C21H27N5O3/c1-28-18-4-2-3-17(15-18)16-21(27)26-9-7-24(8-10-26)19-5-6-20(23-22-19)25-11-13-29-14-12-25/h2-6,15H,7-14,16H2,1H3. The van der Waals surface area contributed by atoms with Crippen molar-refractivity contribution in [2.75, 3.05) is 69.4 Å². The quantitative estimate of drug-likeness (QED) is 0.751. The van der Waals surface area contributed by atoms with Gasteiger partial charge in [0.1, 0.15) is 5.75 Å². The Morgan fingerprint density at radius 1 is 0.966 bits per heavy atom. The lowest BCUT2D eigenvalue weighted by atomic mass is 10.1. The summed E-state index contributed by atoms with van der Waals surface area (Å²) in [6, 6.07) is 11.7. The molecule has 8 heteroatoms. The van der Waals surface area contributed by atoms with Crippen LogP contribution in [0, 0.1) is 0 Å². The molecule has 1 amide bonds. The third-order valence-corrected chi connectivity index (χ3v) is 5.42. The van der Waals surface area contributed by atoms with Crippen LogP contribution in [0.5, 0.6) is 5.75 Å². The number of hydrogen-bond donors (Lipinski definition) is 0. The summed E-state index contributed by atoms with van der Waals surface area (Å²) in [6.45, 7) is 6.06. The van der Waals surface area contributed by atoms with E-state index in [1.54, 1.807) is 7.11 Å². The summed E-state index contributed by atoms with van der Waals surface area (Å²) < 4.78 is 10.6. The first kappa shape index (κ1) is 19.4. The van der Waals surface area contributed by atoms with Crippen molar-refractivity contribution in [3.05, 3.63) is 42.0 Å². The summed E-state index contributed by atoms with van der Waals surface area (Å²) in [4.78, 5) is 19.0. The number of nitrogens with zero attached hydrogens (tertiary/aromatic N) is 5. The first-order chi connectivity index (χ1) is 14.2. The van der Waals surface area contributed by atoms with Gasteiger partial charge in [-0.2, -0.15) is 0 Å². The maximum Gasteiger partial charge on any atom is 0.227 e. The van der Waals surface area contributed by atoms with Gasteiger partial charge in [0.15, 0.2) is 11.6 Å². The molecule has 0 aliphatic carbocycles. The van der Waals surface area contributed by atoms with Crippen LogP contribution in [-0.4, -0.2) is 80.6 Å². The van der Waals surface area contributed by atoms with Gasteiger partial charge >= 0.3 is 0 Å². The molecule has 0 radical (unpaired) electrons. The maximum atomic E-state index is 12.7.